The average Bonchev–Trinajstić information content (AvgIpc) is 2.08. The smallest absolute Gasteiger partial charge is 0.126 e. The van der Waals surface area contributed by atoms with E-state index in [9.17, 15) is 0 Å². The first-order valence-corrected chi connectivity index (χ1v) is 3.96. The molecule has 0 fully saturated rings. The molecule has 0 unspecified atom stereocenters. The van der Waals surface area contributed by atoms with Crippen LogP contribution in [0.15, 0.2) is 24.3 Å². The molecule has 1 aliphatic rings. The molecule has 0 saturated carbocycles. The van der Waals surface area contributed by atoms with Gasteiger partial charge in [-0.1, -0.05) is 25.1 Å². The summed E-state index contributed by atoms with van der Waals surface area (Å²) in [5, 5.41) is 7.62. The lowest BCUT2D eigenvalue weighted by Crippen LogP contribution is -2.07. The molecule has 3 nitrogen and oxygen atoms in total. The number of hydrogen-bond donors (Lipinski definition) is 2. The summed E-state index contributed by atoms with van der Waals surface area (Å²) in [5.41, 5.74) is 3.26. The molecule has 1 aromatic rings. The van der Waals surface area contributed by atoms with Crippen LogP contribution in [0.5, 0.6) is 5.75 Å². The maximum absolute atomic E-state index is 7.62. The quantitative estimate of drug-likeness (QED) is 0.624. The van der Waals surface area contributed by atoms with Crippen LogP contribution >= 0.6 is 0 Å². The molecule has 2 rings (SSSR count). The fourth-order valence-corrected chi connectivity index (χ4v) is 0.839. The Kier molecular flexibility index (Phi) is 3.57. The number of nitrogens with one attached hydrogen (secondary N) is 1. The van der Waals surface area contributed by atoms with Crippen LogP contribution in [0.2, 0.25) is 0 Å². The predicted octanol–water partition coefficient (Wildman–Crippen LogP) is 1.56. The monoisotopic (exact) mass is 167 g/mol. The van der Waals surface area contributed by atoms with Crippen molar-refractivity contribution < 1.29 is 9.94 Å². The number of hydrogen-bond acceptors (Lipinski definition) is 3. The Morgan fingerprint density at radius 1 is 1.50 bits per heavy atom. The fourth-order valence-electron chi connectivity index (χ4n) is 0.839. The van der Waals surface area contributed by atoms with Crippen molar-refractivity contribution in [3.05, 3.63) is 29.8 Å². The van der Waals surface area contributed by atoms with Gasteiger partial charge < -0.3 is 9.94 Å². The van der Waals surface area contributed by atoms with Crippen LogP contribution in [0.25, 0.3) is 0 Å². The molecule has 2 N–H and O–H groups in total. The van der Waals surface area contributed by atoms with E-state index in [1.807, 2.05) is 30.6 Å². The van der Waals surface area contributed by atoms with Gasteiger partial charge >= 0.3 is 0 Å². The highest BCUT2D eigenvalue weighted by atomic mass is 16.5. The van der Waals surface area contributed by atoms with Gasteiger partial charge in [-0.2, -0.15) is 0 Å². The van der Waals surface area contributed by atoms with Crippen molar-refractivity contribution in [2.24, 2.45) is 0 Å². The highest BCUT2D eigenvalue weighted by Crippen LogP contribution is 2.27. The van der Waals surface area contributed by atoms with Gasteiger partial charge in [0.2, 0.25) is 0 Å². The zero-order valence-electron chi connectivity index (χ0n) is 7.08. The van der Waals surface area contributed by atoms with E-state index in [2.05, 4.69) is 6.07 Å². The molecular formula is C9H13NO2. The van der Waals surface area contributed by atoms with E-state index in [1.54, 1.807) is 0 Å². The van der Waals surface area contributed by atoms with Crippen molar-refractivity contribution in [2.75, 3.05) is 6.54 Å². The molecule has 3 heteroatoms. The second-order valence-corrected chi connectivity index (χ2v) is 2.41. The van der Waals surface area contributed by atoms with E-state index < -0.39 is 0 Å². The highest BCUT2D eigenvalue weighted by molar-refractivity contribution is 5.37. The summed E-state index contributed by atoms with van der Waals surface area (Å²) in [6, 6.07) is 8.08. The maximum Gasteiger partial charge on any atom is 0.126 e. The lowest BCUT2D eigenvalue weighted by atomic mass is 10.1. The van der Waals surface area contributed by atoms with Crippen molar-refractivity contribution in [3.63, 3.8) is 0 Å². The number of fused-ring (bicyclic) bond motifs is 1. The summed E-state index contributed by atoms with van der Waals surface area (Å²) in [6.07, 6.45) is 0. The van der Waals surface area contributed by atoms with Crippen LogP contribution < -0.4 is 10.2 Å². The third-order valence-electron chi connectivity index (χ3n) is 1.51. The minimum absolute atomic E-state index is 0.625. The zero-order valence-corrected chi connectivity index (χ0v) is 7.08. The Balaban J connectivity index is 0.000000157. The summed E-state index contributed by atoms with van der Waals surface area (Å²) < 4.78 is 5.08. The van der Waals surface area contributed by atoms with Crippen LogP contribution in [0.4, 0.5) is 0 Å². The number of benzene rings is 1. The van der Waals surface area contributed by atoms with Gasteiger partial charge in [0.15, 0.2) is 0 Å². The lowest BCUT2D eigenvalue weighted by molar-refractivity contribution is 0.173. The largest absolute Gasteiger partial charge is 0.488 e. The van der Waals surface area contributed by atoms with E-state index in [1.165, 1.54) is 5.56 Å². The Morgan fingerprint density at radius 3 is 2.42 bits per heavy atom. The van der Waals surface area contributed by atoms with Gasteiger partial charge in [0.25, 0.3) is 0 Å². The van der Waals surface area contributed by atoms with Gasteiger partial charge in [-0.05, 0) is 6.07 Å². The average molecular weight is 167 g/mol. The molecule has 0 atom stereocenters. The molecule has 1 aromatic carbocycles. The Morgan fingerprint density at radius 2 is 2.17 bits per heavy atom. The molecule has 0 saturated heterocycles. The molecule has 1 heterocycles. The second kappa shape index (κ2) is 4.74. The van der Waals surface area contributed by atoms with Gasteiger partial charge in [0.05, 0.1) is 0 Å². The second-order valence-electron chi connectivity index (χ2n) is 2.41. The number of rotatable bonds is 1. The third-order valence-corrected chi connectivity index (χ3v) is 1.51. The van der Waals surface area contributed by atoms with Gasteiger partial charge in [0, 0.05) is 12.1 Å². The molecule has 0 aromatic heterocycles. The van der Waals surface area contributed by atoms with Crippen molar-refractivity contribution in [1.82, 2.24) is 5.48 Å². The zero-order chi connectivity index (χ0) is 8.81. The van der Waals surface area contributed by atoms with Crippen LogP contribution in [0, 0.1) is 0 Å². The van der Waals surface area contributed by atoms with E-state index in [-0.39, 0.29) is 0 Å². The Hall–Kier alpha value is -1.06. The summed E-state index contributed by atoms with van der Waals surface area (Å²) in [4.78, 5) is 0. The molecule has 1 aliphatic heterocycles. The van der Waals surface area contributed by atoms with E-state index in [0.29, 0.717) is 6.54 Å². The van der Waals surface area contributed by atoms with Crippen molar-refractivity contribution in [1.29, 1.82) is 0 Å². The number of ether oxygens (including phenoxy) is 1. The molecular weight excluding hydrogens is 154 g/mol. The van der Waals surface area contributed by atoms with Crippen LogP contribution in [-0.4, -0.2) is 11.8 Å². The van der Waals surface area contributed by atoms with E-state index in [0.717, 1.165) is 12.4 Å². The van der Waals surface area contributed by atoms with Crippen molar-refractivity contribution in [3.8, 4) is 5.75 Å². The first-order chi connectivity index (χ1) is 5.88. The van der Waals surface area contributed by atoms with Crippen LogP contribution in [-0.2, 0) is 6.61 Å². The molecule has 12 heavy (non-hydrogen) atoms. The highest BCUT2D eigenvalue weighted by Gasteiger charge is 2.10. The number of hydroxylamine groups is 1. The molecule has 0 spiro atoms. The summed E-state index contributed by atoms with van der Waals surface area (Å²) in [7, 11) is 0. The van der Waals surface area contributed by atoms with E-state index in [4.69, 9.17) is 9.94 Å². The standard InChI is InChI=1S/C7H6O.C2H7NO/c1-2-4-7-6(3-1)5-8-7;1-2-3-4/h1-4H,5H2;3-4H,2H2,1H3. The van der Waals surface area contributed by atoms with Gasteiger partial charge in [0.1, 0.15) is 12.4 Å². The lowest BCUT2D eigenvalue weighted by Gasteiger charge is -2.18. The Labute approximate surface area is 71.9 Å². The number of para-hydroxylation sites is 1. The fraction of sp³-hybridized carbons (Fsp3) is 0.333. The molecule has 66 valence electrons. The summed E-state index contributed by atoms with van der Waals surface area (Å²) >= 11 is 0. The minimum Gasteiger partial charge on any atom is -0.488 e. The normalized spacial score (nSPS) is 11.5. The first kappa shape index (κ1) is 9.03. The maximum atomic E-state index is 7.62. The molecule has 0 bridgehead atoms. The summed E-state index contributed by atoms with van der Waals surface area (Å²) in [5.74, 6) is 1.05. The van der Waals surface area contributed by atoms with Gasteiger partial charge in [-0.15, -0.1) is 0 Å². The molecule has 0 radical (unpaired) electrons. The van der Waals surface area contributed by atoms with Gasteiger partial charge in [-0.25, -0.2) is 5.48 Å². The SMILES string of the molecule is CCNO.c1ccc2c(c1)CO2. The van der Waals surface area contributed by atoms with Crippen molar-refractivity contribution in [2.45, 2.75) is 13.5 Å². The summed E-state index contributed by atoms with van der Waals surface area (Å²) in [6.45, 7) is 3.25. The predicted molar refractivity (Wildman–Crippen MR) is 46.2 cm³/mol. The van der Waals surface area contributed by atoms with E-state index >= 15 is 0 Å². The Bertz CT molecular complexity index is 213. The van der Waals surface area contributed by atoms with Crippen LogP contribution in [0.3, 0.4) is 0 Å². The van der Waals surface area contributed by atoms with Gasteiger partial charge in [-0.3, -0.25) is 0 Å². The van der Waals surface area contributed by atoms with Crippen molar-refractivity contribution >= 4 is 0 Å². The molecule has 0 aliphatic carbocycles. The molecule has 0 amide bonds. The topological polar surface area (TPSA) is 41.5 Å². The van der Waals surface area contributed by atoms with Crippen LogP contribution in [0.1, 0.15) is 12.5 Å². The third kappa shape index (κ3) is 2.22. The minimum atomic E-state index is 0.625. The first-order valence-electron chi connectivity index (χ1n) is 3.96.